The van der Waals surface area contributed by atoms with Crippen LogP contribution in [0.1, 0.15) is 104 Å². The molecular weight excluding hydrogens is 791 g/mol. The van der Waals surface area contributed by atoms with E-state index < -0.39 is 5.89 Å². The van der Waals surface area contributed by atoms with Crippen molar-refractivity contribution >= 4 is 11.0 Å². The molecule has 0 bridgehead atoms. The van der Waals surface area contributed by atoms with Crippen molar-refractivity contribution < 1.29 is 6.48 Å². The molecule has 0 aliphatic rings. The van der Waals surface area contributed by atoms with E-state index >= 15 is 0 Å². The van der Waals surface area contributed by atoms with Crippen molar-refractivity contribution in [2.75, 3.05) is 0 Å². The van der Waals surface area contributed by atoms with Gasteiger partial charge in [0.05, 0.1) is 28.0 Å². The second-order valence-electron chi connectivity index (χ2n) is 19.3. The number of phenols is 1. The first-order valence-electron chi connectivity index (χ1n) is 23.4. The van der Waals surface area contributed by atoms with Crippen molar-refractivity contribution in [2.24, 2.45) is 0 Å². The van der Waals surface area contributed by atoms with Crippen molar-refractivity contribution in [1.29, 1.82) is 0 Å². The van der Waals surface area contributed by atoms with Crippen LogP contribution in [0.2, 0.25) is 0 Å². The summed E-state index contributed by atoms with van der Waals surface area (Å²) in [5.41, 5.74) is 17.8. The van der Waals surface area contributed by atoms with Gasteiger partial charge in [-0.1, -0.05) is 172 Å². The molecule has 2 heterocycles. The molecule has 9 aromatic rings. The van der Waals surface area contributed by atoms with Crippen LogP contribution in [0.15, 0.2) is 170 Å². The predicted octanol–water partition coefficient (Wildman–Crippen LogP) is 16.8. The van der Waals surface area contributed by atoms with E-state index in [2.05, 4.69) is 205 Å². The fourth-order valence-electron chi connectivity index (χ4n) is 8.93. The highest BCUT2D eigenvalue weighted by atomic mass is 16.3. The van der Waals surface area contributed by atoms with Gasteiger partial charge in [-0.05, 0) is 133 Å². The Labute approximate surface area is 386 Å². The van der Waals surface area contributed by atoms with E-state index in [-0.39, 0.29) is 23.0 Å². The van der Waals surface area contributed by atoms with Gasteiger partial charge in [0.1, 0.15) is 11.6 Å². The Hall–Kier alpha value is -7.04. The molecule has 0 unspecified atom stereocenters. The van der Waals surface area contributed by atoms with Crippen LogP contribution >= 0.6 is 0 Å². The average Bonchev–Trinajstić information content (AvgIpc) is 3.70. The van der Waals surface area contributed by atoms with Gasteiger partial charge in [0.2, 0.25) is 0 Å². The maximum atomic E-state index is 12.4. The van der Waals surface area contributed by atoms with Crippen LogP contribution in [-0.4, -0.2) is 19.6 Å². The van der Waals surface area contributed by atoms with Crippen molar-refractivity contribution in [3.05, 3.63) is 192 Å². The van der Waals surface area contributed by atoms with E-state index in [4.69, 9.17) is 11.3 Å². The van der Waals surface area contributed by atoms with Gasteiger partial charge in [0.25, 0.3) is 0 Å². The van der Waals surface area contributed by atoms with Gasteiger partial charge < -0.3 is 5.11 Å². The minimum absolute atomic E-state index is 0.0119. The SMILES string of the molecule is [2H]C(C)(C)c1ccc(-n2c(-c3cc(C(C)C)cc(C(C)C)c3O)nc3c(-c4cc(-c5ccccc5)cc(-c5cc(-c6ccccc6)ccn5)c4)cccc32)c(-c2ccc(C(C)(C)C)cc2)c1. The van der Waals surface area contributed by atoms with Gasteiger partial charge in [-0.15, -0.1) is 0 Å². The molecule has 324 valence electrons. The number of rotatable bonds is 10. The Morgan fingerprint density at radius 2 is 1.17 bits per heavy atom. The third-order valence-electron chi connectivity index (χ3n) is 12.8. The lowest BCUT2D eigenvalue weighted by molar-refractivity contribution is 0.466. The fraction of sp³-hybridized carbons (Fsp3) is 0.213. The summed E-state index contributed by atoms with van der Waals surface area (Å²) in [5.74, 6) is 0.364. The maximum Gasteiger partial charge on any atom is 0.149 e. The third-order valence-corrected chi connectivity index (χ3v) is 12.8. The molecule has 4 heteroatoms. The van der Waals surface area contributed by atoms with Crippen LogP contribution in [-0.2, 0) is 5.41 Å². The van der Waals surface area contributed by atoms with Gasteiger partial charge in [-0.3, -0.25) is 9.55 Å². The van der Waals surface area contributed by atoms with Gasteiger partial charge in [-0.25, -0.2) is 4.98 Å². The van der Waals surface area contributed by atoms with Crippen LogP contribution in [0.4, 0.5) is 0 Å². The number of nitrogens with zero attached hydrogens (tertiary/aromatic N) is 3. The molecule has 4 nitrogen and oxygen atoms in total. The first-order valence-corrected chi connectivity index (χ1v) is 22.9. The highest BCUT2D eigenvalue weighted by Gasteiger charge is 2.26. The largest absolute Gasteiger partial charge is 0.507 e. The summed E-state index contributed by atoms with van der Waals surface area (Å²) in [6.07, 6.45) is 1.89. The van der Waals surface area contributed by atoms with Crippen molar-refractivity contribution in [3.63, 3.8) is 0 Å². The van der Waals surface area contributed by atoms with Crippen LogP contribution in [0.3, 0.4) is 0 Å². The summed E-state index contributed by atoms with van der Waals surface area (Å²) in [4.78, 5) is 10.6. The van der Waals surface area contributed by atoms with E-state index in [0.717, 1.165) is 89.2 Å². The van der Waals surface area contributed by atoms with Crippen LogP contribution in [0.25, 0.3) is 83.9 Å². The Morgan fingerprint density at radius 1 is 0.523 bits per heavy atom. The quantitative estimate of drug-likeness (QED) is 0.149. The van der Waals surface area contributed by atoms with E-state index in [1.807, 2.05) is 32.2 Å². The molecule has 0 spiro atoms. The zero-order chi connectivity index (χ0) is 46.5. The molecule has 0 aliphatic heterocycles. The number of hydrogen-bond donors (Lipinski definition) is 1. The summed E-state index contributed by atoms with van der Waals surface area (Å²) in [7, 11) is 0. The fourth-order valence-corrected chi connectivity index (χ4v) is 8.93. The first kappa shape index (κ1) is 41.9. The van der Waals surface area contributed by atoms with Gasteiger partial charge in [-0.2, -0.15) is 0 Å². The molecule has 1 N–H and O–H groups in total. The van der Waals surface area contributed by atoms with Gasteiger partial charge >= 0.3 is 0 Å². The average molecular weight is 851 g/mol. The second-order valence-corrected chi connectivity index (χ2v) is 19.3. The molecule has 2 aromatic heterocycles. The molecule has 65 heavy (non-hydrogen) atoms. The Morgan fingerprint density at radius 3 is 1.82 bits per heavy atom. The standard InChI is InChI=1S/C61H59N3O/c1-38(2)44-25-28-56(53(34-44)43-23-26-50(27-24-43)61(7,8)9)64-57-22-16-21-51(58(57)63-60(64)54-36-46(39(3)4)35-52(40(5)6)59(54)65)48-31-47(42-19-14-11-15-20-42)32-49(33-48)55-37-45(29-30-62-55)41-17-12-10-13-18-41/h10-40,65H,1-9H3/i38D. The first-order chi connectivity index (χ1) is 31.5. The molecule has 0 aliphatic carbocycles. The van der Waals surface area contributed by atoms with Gasteiger partial charge in [0.15, 0.2) is 0 Å². The predicted molar refractivity (Wildman–Crippen MR) is 274 cm³/mol. The zero-order valence-electron chi connectivity index (χ0n) is 40.1. The van der Waals surface area contributed by atoms with E-state index in [1.54, 1.807) is 0 Å². The third kappa shape index (κ3) is 8.54. The minimum atomic E-state index is -0.835. The molecule has 0 radical (unpaired) electrons. The highest BCUT2D eigenvalue weighted by Crippen LogP contribution is 2.45. The number of para-hydroxylation sites is 1. The number of hydrogen-bond acceptors (Lipinski definition) is 3. The topological polar surface area (TPSA) is 50.9 Å². The zero-order valence-corrected chi connectivity index (χ0v) is 39.1. The Balaban J connectivity index is 1.35. The lowest BCUT2D eigenvalue weighted by atomic mass is 9.86. The summed E-state index contributed by atoms with van der Waals surface area (Å²) in [6, 6.07) is 57.8. The normalized spacial score (nSPS) is 12.3. The van der Waals surface area contributed by atoms with Crippen LogP contribution in [0.5, 0.6) is 5.75 Å². The van der Waals surface area contributed by atoms with Crippen molar-refractivity contribution in [1.82, 2.24) is 14.5 Å². The number of aromatic nitrogens is 3. The number of benzene rings is 7. The van der Waals surface area contributed by atoms with Crippen LogP contribution < -0.4 is 0 Å². The van der Waals surface area contributed by atoms with E-state index in [9.17, 15) is 5.11 Å². The number of pyridine rings is 1. The van der Waals surface area contributed by atoms with E-state index in [0.29, 0.717) is 11.4 Å². The lowest BCUT2D eigenvalue weighted by Gasteiger charge is -2.21. The minimum Gasteiger partial charge on any atom is -0.507 e. The number of aromatic hydroxyl groups is 1. The van der Waals surface area contributed by atoms with Crippen molar-refractivity contribution in [3.8, 4) is 78.6 Å². The second kappa shape index (κ2) is 17.5. The number of imidazole rings is 1. The summed E-state index contributed by atoms with van der Waals surface area (Å²) in [5, 5.41) is 12.4. The Kier molecular flexibility index (Phi) is 11.3. The molecule has 9 rings (SSSR count). The van der Waals surface area contributed by atoms with E-state index in [1.165, 1.54) is 5.56 Å². The molecular formula is C61H59N3O. The molecule has 0 saturated carbocycles. The molecule has 0 amide bonds. The lowest BCUT2D eigenvalue weighted by Crippen LogP contribution is -2.10. The highest BCUT2D eigenvalue weighted by molar-refractivity contribution is 5.98. The van der Waals surface area contributed by atoms with Crippen LogP contribution in [0, 0.1) is 0 Å². The van der Waals surface area contributed by atoms with Gasteiger partial charge in [0, 0.05) is 24.3 Å². The Bertz CT molecular complexity index is 3200. The summed E-state index contributed by atoms with van der Waals surface area (Å²) in [6.45, 7) is 19.2. The monoisotopic (exact) mass is 850 g/mol. The molecule has 7 aromatic carbocycles. The summed E-state index contributed by atoms with van der Waals surface area (Å²) >= 11 is 0. The number of phenolic OH excluding ortho intramolecular Hbond substituents is 1. The van der Waals surface area contributed by atoms with Crippen molar-refractivity contribution in [2.45, 2.75) is 85.5 Å². The molecule has 0 fully saturated rings. The maximum absolute atomic E-state index is 12.4. The smallest absolute Gasteiger partial charge is 0.149 e. The number of fused-ring (bicyclic) bond motifs is 1. The molecule has 0 atom stereocenters. The summed E-state index contributed by atoms with van der Waals surface area (Å²) < 4.78 is 11.4. The molecule has 0 saturated heterocycles.